The first-order valence-electron chi connectivity index (χ1n) is 15.2. The van der Waals surface area contributed by atoms with Crippen LogP contribution in [0.2, 0.25) is 0 Å². The van der Waals surface area contributed by atoms with Crippen molar-refractivity contribution in [2.24, 2.45) is 0 Å². The van der Waals surface area contributed by atoms with E-state index < -0.39 is 0 Å². The van der Waals surface area contributed by atoms with Crippen LogP contribution in [0.1, 0.15) is 64.2 Å². The molecule has 0 N–H and O–H groups in total. The average Bonchev–Trinajstić information content (AvgIpc) is 3.00. The van der Waals surface area contributed by atoms with E-state index in [4.69, 9.17) is 0 Å². The molecule has 40 heavy (non-hydrogen) atoms. The number of benzene rings is 4. The second kappa shape index (κ2) is 13.9. The quantitative estimate of drug-likeness (QED) is 0.118. The molecule has 2 radical (unpaired) electrons. The minimum atomic E-state index is 1.11. The number of nitrogens with zero attached hydrogens (tertiary/aromatic N) is 2. The minimum absolute atomic E-state index is 1.11. The molecular formula is C36H40N2S2+2. The summed E-state index contributed by atoms with van der Waals surface area (Å²) >= 11 is 3.81. The number of hydrogen-bond donors (Lipinski definition) is 0. The molecule has 6 rings (SSSR count). The summed E-state index contributed by atoms with van der Waals surface area (Å²) in [5.74, 6) is 0. The molecule has 0 aromatic heterocycles. The highest BCUT2D eigenvalue weighted by molar-refractivity contribution is 8.00. The highest BCUT2D eigenvalue weighted by atomic mass is 32.2. The van der Waals surface area contributed by atoms with Crippen molar-refractivity contribution in [2.45, 2.75) is 83.8 Å². The lowest BCUT2D eigenvalue weighted by molar-refractivity contribution is 0.524. The van der Waals surface area contributed by atoms with Crippen molar-refractivity contribution in [2.75, 3.05) is 13.1 Å². The Morgan fingerprint density at radius 3 is 0.875 bits per heavy atom. The van der Waals surface area contributed by atoms with Crippen LogP contribution in [-0.2, 0) is 0 Å². The predicted octanol–water partition coefficient (Wildman–Crippen LogP) is 11.4. The third kappa shape index (κ3) is 6.52. The maximum Gasteiger partial charge on any atom is 0.200 e. The zero-order valence-electron chi connectivity index (χ0n) is 23.4. The fourth-order valence-electron chi connectivity index (χ4n) is 6.00. The Morgan fingerprint density at radius 2 is 0.575 bits per heavy atom. The van der Waals surface area contributed by atoms with Crippen molar-refractivity contribution in [1.82, 2.24) is 9.80 Å². The van der Waals surface area contributed by atoms with E-state index >= 15 is 0 Å². The van der Waals surface area contributed by atoms with Gasteiger partial charge in [-0.25, -0.2) is 0 Å². The van der Waals surface area contributed by atoms with Crippen molar-refractivity contribution in [3.63, 3.8) is 0 Å². The lowest BCUT2D eigenvalue weighted by Crippen LogP contribution is -2.23. The van der Waals surface area contributed by atoms with Gasteiger partial charge in [0.05, 0.1) is 19.6 Å². The molecule has 2 aliphatic rings. The maximum atomic E-state index is 2.54. The zero-order chi connectivity index (χ0) is 27.0. The van der Waals surface area contributed by atoms with Gasteiger partial charge in [-0.15, -0.1) is 0 Å². The first-order valence-corrected chi connectivity index (χ1v) is 16.8. The van der Waals surface area contributed by atoms with Gasteiger partial charge in [0.25, 0.3) is 0 Å². The average molecular weight is 565 g/mol. The van der Waals surface area contributed by atoms with E-state index in [2.05, 4.69) is 107 Å². The standard InChI is InChI=1S/C36H40N2S2/c1(3-5-7-17-27-37-29-19-9-13-23-33(29)39-34-24-14-10-20-30(34)37)2-4-6-8-18-28-38-31-21-11-15-25-35(31)40-36-26-16-12-22-32(36)38/h9-16,19-26H,1-8,17-18,27-28H2/q+2. The highest BCUT2D eigenvalue weighted by Crippen LogP contribution is 2.48. The maximum absolute atomic E-state index is 2.54. The molecule has 0 saturated carbocycles. The van der Waals surface area contributed by atoms with Crippen LogP contribution in [0.4, 0.5) is 22.7 Å². The van der Waals surface area contributed by atoms with Crippen LogP contribution in [0.25, 0.3) is 0 Å². The molecule has 204 valence electrons. The Morgan fingerprint density at radius 1 is 0.325 bits per heavy atom. The van der Waals surface area contributed by atoms with E-state index in [9.17, 15) is 0 Å². The van der Waals surface area contributed by atoms with Crippen molar-refractivity contribution in [1.29, 1.82) is 0 Å². The third-order valence-electron chi connectivity index (χ3n) is 8.08. The molecule has 0 amide bonds. The first kappa shape index (κ1) is 27.7. The Bertz CT molecular complexity index is 1200. The predicted molar refractivity (Wildman–Crippen MR) is 173 cm³/mol. The number of rotatable bonds is 13. The Balaban J connectivity index is 0.859. The Labute approximate surface area is 249 Å². The van der Waals surface area contributed by atoms with Crippen LogP contribution >= 0.6 is 23.5 Å². The summed E-state index contributed by atoms with van der Waals surface area (Å²) in [6.07, 6.45) is 13.4. The highest BCUT2D eigenvalue weighted by Gasteiger charge is 2.34. The molecule has 0 saturated heterocycles. The number of fused-ring (bicyclic) bond motifs is 4. The van der Waals surface area contributed by atoms with Crippen molar-refractivity contribution < 1.29 is 0 Å². The molecule has 0 spiro atoms. The van der Waals surface area contributed by atoms with Gasteiger partial charge < -0.3 is 0 Å². The lowest BCUT2D eigenvalue weighted by atomic mass is 10.1. The summed E-state index contributed by atoms with van der Waals surface area (Å²) in [7, 11) is 0. The number of unbranched alkanes of at least 4 members (excludes halogenated alkanes) is 9. The summed E-state index contributed by atoms with van der Waals surface area (Å²) in [4.78, 5) is 10.6. The van der Waals surface area contributed by atoms with Crippen LogP contribution < -0.4 is 9.80 Å². The molecule has 0 bridgehead atoms. The van der Waals surface area contributed by atoms with Gasteiger partial charge in [-0.2, -0.15) is 0 Å². The van der Waals surface area contributed by atoms with Crippen LogP contribution in [0.5, 0.6) is 0 Å². The monoisotopic (exact) mass is 564 g/mol. The van der Waals surface area contributed by atoms with E-state index in [1.165, 1.54) is 107 Å². The second-order valence-electron chi connectivity index (χ2n) is 10.9. The van der Waals surface area contributed by atoms with E-state index in [0.29, 0.717) is 0 Å². The van der Waals surface area contributed by atoms with E-state index in [-0.39, 0.29) is 0 Å². The minimum Gasteiger partial charge on any atom is -0.0952 e. The molecule has 2 heterocycles. The van der Waals surface area contributed by atoms with Gasteiger partial charge in [-0.3, -0.25) is 0 Å². The van der Waals surface area contributed by atoms with Gasteiger partial charge in [0.1, 0.15) is 13.1 Å². The van der Waals surface area contributed by atoms with Crippen molar-refractivity contribution in [3.8, 4) is 0 Å². The molecule has 2 aliphatic heterocycles. The van der Waals surface area contributed by atoms with Crippen LogP contribution in [0, 0.1) is 0 Å². The van der Waals surface area contributed by atoms with E-state index in [1.54, 1.807) is 0 Å². The van der Waals surface area contributed by atoms with Gasteiger partial charge in [0, 0.05) is 37.1 Å². The van der Waals surface area contributed by atoms with Gasteiger partial charge in [-0.1, -0.05) is 120 Å². The SMILES string of the molecule is c1ccc2c(c1)Sc1ccccc1[N+]2CCCCCCCCCCCC[N+]1c2ccccc2Sc2ccccc21. The number of anilines is 4. The molecule has 0 aliphatic carbocycles. The van der Waals surface area contributed by atoms with Gasteiger partial charge in [-0.05, 0) is 37.1 Å². The summed E-state index contributed by atoms with van der Waals surface area (Å²) in [6.45, 7) is 2.22. The van der Waals surface area contributed by atoms with Gasteiger partial charge in [0.2, 0.25) is 22.7 Å². The van der Waals surface area contributed by atoms with E-state index in [0.717, 1.165) is 13.1 Å². The topological polar surface area (TPSA) is 11.8 Å². The van der Waals surface area contributed by atoms with Crippen LogP contribution in [-0.4, -0.2) is 13.1 Å². The smallest absolute Gasteiger partial charge is 0.0952 e. The summed E-state index contributed by atoms with van der Waals surface area (Å²) in [5, 5.41) is 0. The van der Waals surface area contributed by atoms with Gasteiger partial charge >= 0.3 is 0 Å². The molecule has 4 heteroatoms. The van der Waals surface area contributed by atoms with Crippen LogP contribution in [0.15, 0.2) is 117 Å². The Hall–Kier alpha value is -2.50. The first-order chi connectivity index (χ1) is 19.9. The largest absolute Gasteiger partial charge is 0.200 e. The van der Waals surface area contributed by atoms with Crippen molar-refractivity contribution >= 4 is 46.3 Å². The molecule has 0 unspecified atom stereocenters. The molecule has 2 nitrogen and oxygen atoms in total. The fourth-order valence-corrected chi connectivity index (χ4v) is 8.19. The number of hydrogen-bond acceptors (Lipinski definition) is 4. The molecule has 0 fully saturated rings. The molecular weight excluding hydrogens is 525 g/mol. The Kier molecular flexibility index (Phi) is 9.62. The normalized spacial score (nSPS) is 14.3. The second-order valence-corrected chi connectivity index (χ2v) is 13.1. The van der Waals surface area contributed by atoms with Gasteiger partial charge in [0.15, 0.2) is 0 Å². The number of para-hydroxylation sites is 4. The molecule has 0 atom stereocenters. The summed E-state index contributed by atoms with van der Waals surface area (Å²) in [5.41, 5.74) is 5.50. The molecule has 4 aromatic carbocycles. The zero-order valence-corrected chi connectivity index (χ0v) is 25.1. The van der Waals surface area contributed by atoms with E-state index in [1.807, 2.05) is 23.5 Å². The lowest BCUT2D eigenvalue weighted by Gasteiger charge is -2.21. The van der Waals surface area contributed by atoms with Crippen LogP contribution in [0.3, 0.4) is 0 Å². The third-order valence-corrected chi connectivity index (χ3v) is 10.3. The molecule has 4 aromatic rings. The summed E-state index contributed by atoms with van der Waals surface area (Å²) < 4.78 is 0. The summed E-state index contributed by atoms with van der Waals surface area (Å²) in [6, 6.07) is 35.5. The fraction of sp³-hybridized carbons (Fsp3) is 0.333. The van der Waals surface area contributed by atoms with Crippen molar-refractivity contribution in [3.05, 3.63) is 97.1 Å².